The van der Waals surface area contributed by atoms with Crippen molar-refractivity contribution in [2.45, 2.75) is 185 Å². The molecule has 0 saturated heterocycles. The van der Waals surface area contributed by atoms with Gasteiger partial charge in [-0.05, 0) is 64.2 Å². The Balaban J connectivity index is 2.51. The molecule has 1 fully saturated rings. The number of esters is 2. The highest BCUT2D eigenvalue weighted by atomic mass is 31.2. The van der Waals surface area contributed by atoms with Gasteiger partial charge < -0.3 is 39.9 Å². The van der Waals surface area contributed by atoms with Gasteiger partial charge in [0.25, 0.3) is 0 Å². The van der Waals surface area contributed by atoms with Crippen molar-refractivity contribution in [3.05, 3.63) is 72.9 Å². The Kier molecular flexibility index (Phi) is 32.2. The molecule has 0 aromatic carbocycles. The summed E-state index contributed by atoms with van der Waals surface area (Å²) in [5.74, 6) is -1.16. The molecule has 0 bridgehead atoms. The average Bonchev–Trinajstić information content (AvgIpc) is 3.21. The standard InChI is InChI=1S/C45H75O13P/c1-3-5-7-9-11-13-15-17-18-19-20-22-23-25-27-29-31-33-38(46)55-35-37(36-56-59(53,54)58-45-43(51)41(49)40(48)42(50)44(45)52)57-39(47)34-32-30-28-26-24-21-16-14-12-10-8-6-4-2/h6,8,10-14,16-18,21,24,37,40-45,48-52H,3-5,7,9,15,19-20,22-23,25-36H2,1-2H3,(H,53,54)/b8-6+,12-10+,13-11+,16-14+,18-17+,24-21+/t37?,40?,41-,42?,43?,44?,45?/m0/s1. The maximum atomic E-state index is 12.8. The van der Waals surface area contributed by atoms with Crippen LogP contribution in [0.4, 0.5) is 0 Å². The summed E-state index contributed by atoms with van der Waals surface area (Å²) in [4.78, 5) is 35.6. The summed E-state index contributed by atoms with van der Waals surface area (Å²) in [6.07, 6.45) is 29.6. The minimum absolute atomic E-state index is 0.0452. The Morgan fingerprint density at radius 1 is 0.559 bits per heavy atom. The van der Waals surface area contributed by atoms with E-state index in [0.29, 0.717) is 12.8 Å². The minimum atomic E-state index is -5.13. The van der Waals surface area contributed by atoms with Gasteiger partial charge in [0.1, 0.15) is 43.2 Å². The molecule has 1 aliphatic carbocycles. The number of phosphoric ester groups is 1. The first kappa shape index (κ1) is 54.3. The lowest BCUT2D eigenvalue weighted by Gasteiger charge is -2.41. The maximum absolute atomic E-state index is 12.8. The van der Waals surface area contributed by atoms with Crippen molar-refractivity contribution >= 4 is 19.8 Å². The number of hydrogen-bond donors (Lipinski definition) is 6. The SMILES string of the molecule is CC/C=C/C=C/C=C/C=C/CCCCCC(=O)OC(COC(=O)CCCCCCCCC/C=C/C/C=C/CCCCC)COP(=O)(O)OC1C(O)C(O)C(O)[C@H](O)C1O. The van der Waals surface area contributed by atoms with Gasteiger partial charge >= 0.3 is 19.8 Å². The monoisotopic (exact) mass is 854 g/mol. The third-order valence-electron chi connectivity index (χ3n) is 9.63. The molecule has 338 valence electrons. The average molecular weight is 855 g/mol. The quantitative estimate of drug-likeness (QED) is 0.0120. The fourth-order valence-corrected chi connectivity index (χ4v) is 7.06. The number of hydrogen-bond acceptors (Lipinski definition) is 12. The zero-order valence-corrected chi connectivity index (χ0v) is 36.4. The van der Waals surface area contributed by atoms with E-state index in [1.807, 2.05) is 42.5 Å². The van der Waals surface area contributed by atoms with Crippen molar-refractivity contribution < 1.29 is 63.1 Å². The van der Waals surface area contributed by atoms with Crippen LogP contribution in [0.1, 0.15) is 142 Å². The molecule has 1 rings (SSSR count). The van der Waals surface area contributed by atoms with Gasteiger partial charge in [-0.15, -0.1) is 0 Å². The summed E-state index contributed by atoms with van der Waals surface area (Å²) in [6.45, 7) is 3.07. The van der Waals surface area contributed by atoms with Crippen molar-refractivity contribution in [1.82, 2.24) is 0 Å². The molecular weight excluding hydrogens is 779 g/mol. The normalized spacial score (nSPS) is 23.1. The highest BCUT2D eigenvalue weighted by molar-refractivity contribution is 7.47. The molecule has 1 aliphatic rings. The first-order valence-corrected chi connectivity index (χ1v) is 23.3. The van der Waals surface area contributed by atoms with Gasteiger partial charge in [0.15, 0.2) is 6.10 Å². The lowest BCUT2D eigenvalue weighted by molar-refractivity contribution is -0.220. The third-order valence-corrected chi connectivity index (χ3v) is 10.6. The summed E-state index contributed by atoms with van der Waals surface area (Å²) >= 11 is 0. The van der Waals surface area contributed by atoms with Crippen LogP contribution in [0.3, 0.4) is 0 Å². The molecule has 59 heavy (non-hydrogen) atoms. The summed E-state index contributed by atoms with van der Waals surface area (Å²) in [7, 11) is -5.13. The van der Waals surface area contributed by atoms with E-state index < -0.39 is 75.7 Å². The van der Waals surface area contributed by atoms with E-state index in [2.05, 4.69) is 44.2 Å². The molecule has 14 heteroatoms. The minimum Gasteiger partial charge on any atom is -0.462 e. The number of unbranched alkanes of at least 4 members (excludes halogenated alkanes) is 13. The lowest BCUT2D eigenvalue weighted by atomic mass is 9.85. The molecule has 1 saturated carbocycles. The molecule has 0 aromatic rings. The van der Waals surface area contributed by atoms with Crippen molar-refractivity contribution in [1.29, 1.82) is 0 Å². The zero-order valence-electron chi connectivity index (χ0n) is 35.5. The highest BCUT2D eigenvalue weighted by Crippen LogP contribution is 2.47. The van der Waals surface area contributed by atoms with E-state index in [9.17, 15) is 44.6 Å². The Morgan fingerprint density at radius 3 is 1.63 bits per heavy atom. The molecule has 13 nitrogen and oxygen atoms in total. The molecular formula is C45H75O13P. The van der Waals surface area contributed by atoms with E-state index >= 15 is 0 Å². The number of aliphatic hydroxyl groups excluding tert-OH is 5. The van der Waals surface area contributed by atoms with Crippen LogP contribution in [0.15, 0.2) is 72.9 Å². The predicted molar refractivity (Wildman–Crippen MR) is 230 cm³/mol. The number of ether oxygens (including phenoxy) is 2. The van der Waals surface area contributed by atoms with E-state index in [1.54, 1.807) is 0 Å². The van der Waals surface area contributed by atoms with Crippen molar-refractivity contribution in [3.8, 4) is 0 Å². The van der Waals surface area contributed by atoms with Gasteiger partial charge in [-0.25, -0.2) is 4.57 Å². The predicted octanol–water partition coefficient (Wildman–Crippen LogP) is 7.94. The fourth-order valence-electron chi connectivity index (χ4n) is 6.09. The number of carbonyl (C=O) groups is 2. The summed E-state index contributed by atoms with van der Waals surface area (Å²) in [5.41, 5.74) is 0. The fraction of sp³-hybridized carbons (Fsp3) is 0.689. The van der Waals surface area contributed by atoms with Crippen molar-refractivity contribution in [2.75, 3.05) is 13.2 Å². The Morgan fingerprint density at radius 2 is 1.03 bits per heavy atom. The van der Waals surface area contributed by atoms with Crippen LogP contribution in [-0.2, 0) is 32.7 Å². The third kappa shape index (κ3) is 27.7. The molecule has 7 unspecified atom stereocenters. The van der Waals surface area contributed by atoms with Crippen LogP contribution < -0.4 is 0 Å². The van der Waals surface area contributed by atoms with E-state index in [-0.39, 0.29) is 12.8 Å². The van der Waals surface area contributed by atoms with E-state index in [4.69, 9.17) is 18.5 Å². The molecule has 8 atom stereocenters. The Labute approximate surface area is 353 Å². The lowest BCUT2D eigenvalue weighted by Crippen LogP contribution is -2.64. The van der Waals surface area contributed by atoms with Crippen LogP contribution in [-0.4, -0.2) is 98.3 Å². The van der Waals surface area contributed by atoms with Gasteiger partial charge in [-0.1, -0.05) is 138 Å². The second kappa shape index (κ2) is 34.9. The summed E-state index contributed by atoms with van der Waals surface area (Å²) in [6, 6.07) is 0. The molecule has 0 amide bonds. The zero-order chi connectivity index (χ0) is 43.6. The second-order valence-corrected chi connectivity index (χ2v) is 16.3. The molecule has 0 aliphatic heterocycles. The van der Waals surface area contributed by atoms with E-state index in [1.165, 1.54) is 19.3 Å². The number of rotatable bonds is 34. The number of phosphoric acid groups is 1. The van der Waals surface area contributed by atoms with Gasteiger partial charge in [0, 0.05) is 12.8 Å². The molecule has 0 spiro atoms. The van der Waals surface area contributed by atoms with Gasteiger partial charge in [-0.3, -0.25) is 18.6 Å². The molecule has 0 aromatic heterocycles. The molecule has 0 heterocycles. The van der Waals surface area contributed by atoms with Crippen molar-refractivity contribution in [2.24, 2.45) is 0 Å². The van der Waals surface area contributed by atoms with Crippen LogP contribution in [0.5, 0.6) is 0 Å². The van der Waals surface area contributed by atoms with Gasteiger partial charge in [-0.2, -0.15) is 0 Å². The van der Waals surface area contributed by atoms with Crippen LogP contribution >= 0.6 is 7.82 Å². The van der Waals surface area contributed by atoms with Crippen molar-refractivity contribution in [3.63, 3.8) is 0 Å². The largest absolute Gasteiger partial charge is 0.472 e. The topological polar surface area (TPSA) is 210 Å². The number of allylic oxidation sites excluding steroid dienone is 12. The number of aliphatic hydroxyl groups is 5. The summed E-state index contributed by atoms with van der Waals surface area (Å²) in [5, 5.41) is 50.1. The Bertz CT molecular complexity index is 1310. The van der Waals surface area contributed by atoms with Crippen LogP contribution in [0.2, 0.25) is 0 Å². The second-order valence-electron chi connectivity index (χ2n) is 14.9. The Hall–Kier alpha value is -2.71. The van der Waals surface area contributed by atoms with Crippen LogP contribution in [0, 0.1) is 0 Å². The summed E-state index contributed by atoms with van der Waals surface area (Å²) < 4.78 is 33.4. The van der Waals surface area contributed by atoms with Gasteiger partial charge in [0.05, 0.1) is 6.61 Å². The first-order chi connectivity index (χ1) is 28.4. The molecule has 0 radical (unpaired) electrons. The van der Waals surface area contributed by atoms with E-state index in [0.717, 1.165) is 83.5 Å². The number of carbonyl (C=O) groups excluding carboxylic acids is 2. The van der Waals surface area contributed by atoms with Gasteiger partial charge in [0.2, 0.25) is 0 Å². The highest BCUT2D eigenvalue weighted by Gasteiger charge is 2.51. The smallest absolute Gasteiger partial charge is 0.462 e. The maximum Gasteiger partial charge on any atom is 0.472 e. The van der Waals surface area contributed by atoms with Crippen LogP contribution in [0.25, 0.3) is 0 Å². The first-order valence-electron chi connectivity index (χ1n) is 21.8. The molecule has 6 N–H and O–H groups in total.